The molecule has 1 saturated heterocycles. The van der Waals surface area contributed by atoms with Crippen LogP contribution >= 0.6 is 12.4 Å². The highest BCUT2D eigenvalue weighted by Crippen LogP contribution is 2.16. The lowest BCUT2D eigenvalue weighted by molar-refractivity contribution is -0.0652. The first-order valence-corrected chi connectivity index (χ1v) is 7.70. The fourth-order valence-electron chi connectivity index (χ4n) is 2.62. The van der Waals surface area contributed by atoms with Crippen molar-refractivity contribution in [1.29, 1.82) is 0 Å². The Bertz CT molecular complexity index is 663. The highest BCUT2D eigenvalue weighted by atomic mass is 35.5. The molecule has 1 aliphatic heterocycles. The predicted molar refractivity (Wildman–Crippen MR) is 94.7 cm³/mol. The molecule has 0 saturated carbocycles. The zero-order valence-electron chi connectivity index (χ0n) is 13.3. The Morgan fingerprint density at radius 1 is 1.21 bits per heavy atom. The summed E-state index contributed by atoms with van der Waals surface area (Å²) in [6.45, 7) is 3.77. The lowest BCUT2D eigenvalue weighted by atomic mass is 10.2. The average molecular weight is 349 g/mol. The lowest BCUT2D eigenvalue weighted by Crippen LogP contribution is -2.43. The van der Waals surface area contributed by atoms with Crippen LogP contribution in [0.5, 0.6) is 0 Å². The zero-order valence-corrected chi connectivity index (χ0v) is 14.1. The van der Waals surface area contributed by atoms with Crippen LogP contribution in [0.2, 0.25) is 0 Å². The maximum atomic E-state index is 12.4. The van der Waals surface area contributed by atoms with Gasteiger partial charge >= 0.3 is 0 Å². The Hall–Kier alpha value is -2.15. The van der Waals surface area contributed by atoms with Crippen molar-refractivity contribution >= 4 is 24.0 Å². The number of benzene rings is 1. The van der Waals surface area contributed by atoms with Gasteiger partial charge in [0.05, 0.1) is 6.54 Å². The smallest absolute Gasteiger partial charge is 0.296 e. The van der Waals surface area contributed by atoms with Crippen molar-refractivity contribution in [3.63, 3.8) is 0 Å². The fourth-order valence-corrected chi connectivity index (χ4v) is 2.62. The summed E-state index contributed by atoms with van der Waals surface area (Å²) in [5.41, 5.74) is 2.07. The van der Waals surface area contributed by atoms with E-state index in [2.05, 4.69) is 15.2 Å². The van der Waals surface area contributed by atoms with E-state index in [0.29, 0.717) is 5.06 Å². The van der Waals surface area contributed by atoms with Crippen molar-refractivity contribution < 1.29 is 10.0 Å². The van der Waals surface area contributed by atoms with Crippen LogP contribution in [-0.2, 0) is 6.54 Å². The van der Waals surface area contributed by atoms with Gasteiger partial charge in [-0.1, -0.05) is 30.3 Å². The number of nitrogens with one attached hydrogen (secondary N) is 1. The van der Waals surface area contributed by atoms with Gasteiger partial charge in [-0.3, -0.25) is 15.0 Å². The summed E-state index contributed by atoms with van der Waals surface area (Å²) in [6.07, 6.45) is 1.61. The highest BCUT2D eigenvalue weighted by Gasteiger charge is 2.18. The maximum absolute atomic E-state index is 12.4. The Kier molecular flexibility index (Phi) is 6.54. The number of aromatic nitrogens is 1. The third kappa shape index (κ3) is 4.44. The lowest BCUT2D eigenvalue weighted by Gasteiger charge is -2.29. The van der Waals surface area contributed by atoms with Crippen molar-refractivity contribution in [3.8, 4) is 0 Å². The van der Waals surface area contributed by atoms with Crippen molar-refractivity contribution in [2.75, 3.05) is 31.1 Å². The van der Waals surface area contributed by atoms with Crippen LogP contribution in [0.4, 0.5) is 5.69 Å². The second-order valence-electron chi connectivity index (χ2n) is 5.48. The molecule has 0 spiro atoms. The molecule has 0 radical (unpaired) electrons. The first-order chi connectivity index (χ1) is 11.2. The summed E-state index contributed by atoms with van der Waals surface area (Å²) in [5, 5.41) is 14.0. The average Bonchev–Trinajstić information content (AvgIpc) is 2.63. The number of pyridine rings is 1. The molecule has 24 heavy (non-hydrogen) atoms. The van der Waals surface area contributed by atoms with Crippen LogP contribution in [0, 0.1) is 0 Å². The van der Waals surface area contributed by atoms with Gasteiger partial charge in [0.25, 0.3) is 5.91 Å². The number of carbonyl (C=O) groups excluding carboxylic acids is 1. The topological polar surface area (TPSA) is 68.7 Å². The van der Waals surface area contributed by atoms with E-state index in [9.17, 15) is 10.0 Å². The van der Waals surface area contributed by atoms with Gasteiger partial charge in [0.1, 0.15) is 5.69 Å². The second kappa shape index (κ2) is 8.63. The van der Waals surface area contributed by atoms with Gasteiger partial charge in [0.2, 0.25) is 0 Å². The van der Waals surface area contributed by atoms with Gasteiger partial charge in [-0.2, -0.15) is 0 Å². The predicted octanol–water partition coefficient (Wildman–Crippen LogP) is 1.94. The molecule has 3 rings (SSSR count). The maximum Gasteiger partial charge on any atom is 0.296 e. The third-order valence-corrected chi connectivity index (χ3v) is 3.85. The van der Waals surface area contributed by atoms with E-state index in [-0.39, 0.29) is 24.6 Å². The fraction of sp³-hybridized carbons (Fsp3) is 0.294. The minimum Gasteiger partial charge on any atom is -0.369 e. The number of halogens is 1. The number of amides is 1. The number of hydrogen-bond acceptors (Lipinski definition) is 5. The van der Waals surface area contributed by atoms with Crippen molar-refractivity contribution in [1.82, 2.24) is 15.4 Å². The summed E-state index contributed by atoms with van der Waals surface area (Å²) >= 11 is 0. The number of carbonyl (C=O) groups is 1. The van der Waals surface area contributed by atoms with Crippen molar-refractivity contribution in [3.05, 3.63) is 59.9 Å². The Morgan fingerprint density at radius 3 is 2.62 bits per heavy atom. The van der Waals surface area contributed by atoms with Crippen molar-refractivity contribution in [2.45, 2.75) is 6.54 Å². The second-order valence-corrected chi connectivity index (χ2v) is 5.48. The Morgan fingerprint density at radius 2 is 1.92 bits per heavy atom. The van der Waals surface area contributed by atoms with Crippen LogP contribution in [0.15, 0.2) is 48.7 Å². The van der Waals surface area contributed by atoms with Gasteiger partial charge in [0, 0.05) is 38.1 Å². The molecule has 2 heterocycles. The third-order valence-electron chi connectivity index (χ3n) is 3.85. The summed E-state index contributed by atoms with van der Waals surface area (Å²) in [5.74, 6) is -0.495. The molecule has 0 atom stereocenters. The molecule has 1 aliphatic rings. The van der Waals surface area contributed by atoms with E-state index in [1.54, 1.807) is 12.3 Å². The number of nitrogens with zero attached hydrogens (tertiary/aromatic N) is 3. The van der Waals surface area contributed by atoms with Crippen LogP contribution in [0.25, 0.3) is 0 Å². The molecule has 1 aromatic heterocycles. The van der Waals surface area contributed by atoms with Gasteiger partial charge in [0.15, 0.2) is 0 Å². The van der Waals surface area contributed by atoms with E-state index in [0.717, 1.165) is 37.4 Å². The molecule has 0 aliphatic carbocycles. The van der Waals surface area contributed by atoms with Crippen LogP contribution in [0.3, 0.4) is 0 Å². The first-order valence-electron chi connectivity index (χ1n) is 7.70. The molecule has 1 fully saturated rings. The van der Waals surface area contributed by atoms with Crippen LogP contribution < -0.4 is 10.2 Å². The quantitative estimate of drug-likeness (QED) is 0.653. The molecular weight excluding hydrogens is 328 g/mol. The largest absolute Gasteiger partial charge is 0.369 e. The molecule has 6 nitrogen and oxygen atoms in total. The molecular formula is C17H21ClN4O2. The number of anilines is 1. The highest BCUT2D eigenvalue weighted by molar-refractivity contribution is 5.92. The SMILES string of the molecule is Cl.O=C(c1cc(N2CCNCC2)ccn1)N(O)Cc1ccccc1. The molecule has 7 heteroatoms. The summed E-state index contributed by atoms with van der Waals surface area (Å²) in [4.78, 5) is 18.7. The number of hydroxylamine groups is 2. The van der Waals surface area contributed by atoms with E-state index in [1.165, 1.54) is 0 Å². The van der Waals surface area contributed by atoms with E-state index >= 15 is 0 Å². The minimum atomic E-state index is -0.495. The standard InChI is InChI=1S/C17H20N4O2.ClH/c22-17(21(23)13-14-4-2-1-3-5-14)16-12-15(6-7-19-16)20-10-8-18-9-11-20;/h1-7,12,18,23H,8-11,13H2;1H. The summed E-state index contributed by atoms with van der Waals surface area (Å²) in [6, 6.07) is 13.0. The first kappa shape index (κ1) is 18.2. The minimum absolute atomic E-state index is 0. The molecule has 2 N–H and O–H groups in total. The summed E-state index contributed by atoms with van der Waals surface area (Å²) in [7, 11) is 0. The van der Waals surface area contributed by atoms with Gasteiger partial charge < -0.3 is 10.2 Å². The van der Waals surface area contributed by atoms with E-state index < -0.39 is 5.91 Å². The molecule has 0 unspecified atom stereocenters. The van der Waals surface area contributed by atoms with Crippen LogP contribution in [-0.4, -0.2) is 47.3 Å². The zero-order chi connectivity index (χ0) is 16.1. The van der Waals surface area contributed by atoms with E-state index in [4.69, 9.17) is 0 Å². The number of hydrogen-bond donors (Lipinski definition) is 2. The normalized spacial score (nSPS) is 14.0. The number of piperazine rings is 1. The van der Waals surface area contributed by atoms with Crippen molar-refractivity contribution in [2.24, 2.45) is 0 Å². The Balaban J connectivity index is 0.00000208. The molecule has 0 bridgehead atoms. The summed E-state index contributed by atoms with van der Waals surface area (Å²) < 4.78 is 0. The number of rotatable bonds is 4. The molecule has 1 amide bonds. The monoisotopic (exact) mass is 348 g/mol. The van der Waals surface area contributed by atoms with Gasteiger partial charge in [-0.25, -0.2) is 5.06 Å². The van der Waals surface area contributed by atoms with Gasteiger partial charge in [-0.15, -0.1) is 12.4 Å². The van der Waals surface area contributed by atoms with Gasteiger partial charge in [-0.05, 0) is 17.7 Å². The van der Waals surface area contributed by atoms with Crippen LogP contribution in [0.1, 0.15) is 16.1 Å². The van der Waals surface area contributed by atoms with E-state index in [1.807, 2.05) is 36.4 Å². The Labute approximate surface area is 147 Å². The molecule has 1 aromatic carbocycles. The molecule has 128 valence electrons. The molecule has 2 aromatic rings.